The molecule has 1 N–H and O–H groups in total. The molecule has 1 aliphatic carbocycles. The highest BCUT2D eigenvalue weighted by Crippen LogP contribution is 2.32. The van der Waals surface area contributed by atoms with E-state index in [2.05, 4.69) is 15.4 Å². The topological polar surface area (TPSA) is 78.3 Å². The number of hydrogen-bond acceptors (Lipinski definition) is 5. The maximum absolute atomic E-state index is 12.6. The first-order valence-electron chi connectivity index (χ1n) is 9.35. The first kappa shape index (κ1) is 18.0. The molecular formula is C21H22N4O3. The highest BCUT2D eigenvalue weighted by Gasteiger charge is 2.19. The number of nitrogens with one attached hydrogen (secondary N) is 1. The maximum Gasteiger partial charge on any atom is 0.257 e. The Hall–Kier alpha value is -3.35. The largest absolute Gasteiger partial charge is 0.493 e. The second-order valence-electron chi connectivity index (χ2n) is 6.70. The van der Waals surface area contributed by atoms with E-state index in [9.17, 15) is 4.79 Å². The van der Waals surface area contributed by atoms with Crippen LogP contribution < -0.4 is 14.8 Å². The van der Waals surface area contributed by atoms with E-state index < -0.39 is 0 Å². The van der Waals surface area contributed by atoms with E-state index >= 15 is 0 Å². The van der Waals surface area contributed by atoms with Gasteiger partial charge in [0.15, 0.2) is 17.3 Å². The molecular weight excluding hydrogens is 356 g/mol. The normalized spacial score (nSPS) is 14.0. The minimum atomic E-state index is -0.259. The summed E-state index contributed by atoms with van der Waals surface area (Å²) >= 11 is 0. The van der Waals surface area contributed by atoms with E-state index in [1.54, 1.807) is 54.6 Å². The Kier molecular flexibility index (Phi) is 5.23. The van der Waals surface area contributed by atoms with Crippen LogP contribution in [0.25, 0.3) is 5.69 Å². The van der Waals surface area contributed by atoms with E-state index in [-0.39, 0.29) is 12.0 Å². The smallest absolute Gasteiger partial charge is 0.257 e. The molecule has 0 atom stereocenters. The van der Waals surface area contributed by atoms with Crippen LogP contribution in [0.3, 0.4) is 0 Å². The van der Waals surface area contributed by atoms with Crippen LogP contribution in [0.4, 0.5) is 5.82 Å². The SMILES string of the molecule is COc1cc(C(=O)Nc2ccn(-c3ccncc3)n2)ccc1OC1CCCC1. The number of ether oxygens (including phenoxy) is 2. The monoisotopic (exact) mass is 378 g/mol. The number of hydrogen-bond donors (Lipinski definition) is 1. The molecule has 4 rings (SSSR count). The lowest BCUT2D eigenvalue weighted by Crippen LogP contribution is -2.14. The first-order valence-corrected chi connectivity index (χ1v) is 9.35. The molecule has 0 unspecified atom stereocenters. The van der Waals surface area contributed by atoms with E-state index in [0.29, 0.717) is 22.9 Å². The number of methoxy groups -OCH3 is 1. The van der Waals surface area contributed by atoms with Crippen molar-refractivity contribution >= 4 is 11.7 Å². The van der Waals surface area contributed by atoms with Crippen LogP contribution in [0.15, 0.2) is 55.0 Å². The van der Waals surface area contributed by atoms with Crippen LogP contribution in [0, 0.1) is 0 Å². The van der Waals surface area contributed by atoms with Crippen molar-refractivity contribution < 1.29 is 14.3 Å². The second-order valence-corrected chi connectivity index (χ2v) is 6.70. The zero-order valence-corrected chi connectivity index (χ0v) is 15.7. The van der Waals surface area contributed by atoms with Crippen molar-refractivity contribution in [3.05, 3.63) is 60.6 Å². The van der Waals surface area contributed by atoms with Crippen molar-refractivity contribution in [3.63, 3.8) is 0 Å². The summed E-state index contributed by atoms with van der Waals surface area (Å²) in [5.41, 5.74) is 1.35. The lowest BCUT2D eigenvalue weighted by Gasteiger charge is -2.16. The average Bonchev–Trinajstić information content (AvgIpc) is 3.41. The predicted molar refractivity (Wildman–Crippen MR) is 105 cm³/mol. The van der Waals surface area contributed by atoms with Gasteiger partial charge in [-0.25, -0.2) is 4.68 Å². The summed E-state index contributed by atoms with van der Waals surface area (Å²) in [7, 11) is 1.58. The van der Waals surface area contributed by atoms with Gasteiger partial charge in [-0.3, -0.25) is 9.78 Å². The van der Waals surface area contributed by atoms with Gasteiger partial charge in [0.05, 0.1) is 18.9 Å². The van der Waals surface area contributed by atoms with Crippen molar-refractivity contribution in [1.29, 1.82) is 0 Å². The third-order valence-electron chi connectivity index (χ3n) is 4.78. The van der Waals surface area contributed by atoms with E-state index in [1.807, 2.05) is 12.1 Å². The van der Waals surface area contributed by atoms with Gasteiger partial charge in [-0.05, 0) is 56.0 Å². The maximum atomic E-state index is 12.6. The van der Waals surface area contributed by atoms with Gasteiger partial charge < -0.3 is 14.8 Å². The molecule has 0 bridgehead atoms. The molecule has 2 aromatic heterocycles. The summed E-state index contributed by atoms with van der Waals surface area (Å²) in [5, 5.41) is 7.18. The Morgan fingerprint density at radius 3 is 2.64 bits per heavy atom. The quantitative estimate of drug-likeness (QED) is 0.705. The number of rotatable bonds is 6. The summed E-state index contributed by atoms with van der Waals surface area (Å²) in [6, 6.07) is 10.6. The van der Waals surface area contributed by atoms with Crippen molar-refractivity contribution in [2.24, 2.45) is 0 Å². The molecule has 1 saturated carbocycles. The van der Waals surface area contributed by atoms with Gasteiger partial charge in [0.1, 0.15) is 0 Å². The number of aromatic nitrogens is 3. The Labute approximate surface area is 163 Å². The molecule has 0 radical (unpaired) electrons. The molecule has 3 aromatic rings. The van der Waals surface area contributed by atoms with Crippen LogP contribution in [0.1, 0.15) is 36.0 Å². The molecule has 144 valence electrons. The average molecular weight is 378 g/mol. The summed E-state index contributed by atoms with van der Waals surface area (Å²) < 4.78 is 13.1. The molecule has 1 aliphatic rings. The van der Waals surface area contributed by atoms with Crippen molar-refractivity contribution in [2.75, 3.05) is 12.4 Å². The highest BCUT2D eigenvalue weighted by atomic mass is 16.5. The summed E-state index contributed by atoms with van der Waals surface area (Å²) in [6.07, 6.45) is 9.90. The van der Waals surface area contributed by atoms with Crippen LogP contribution in [-0.2, 0) is 0 Å². The number of carbonyl (C=O) groups excluding carboxylic acids is 1. The van der Waals surface area contributed by atoms with Crippen LogP contribution in [0.5, 0.6) is 11.5 Å². The van der Waals surface area contributed by atoms with Gasteiger partial charge in [-0.2, -0.15) is 5.10 Å². The Balaban J connectivity index is 1.46. The summed E-state index contributed by atoms with van der Waals surface area (Å²) in [6.45, 7) is 0. The molecule has 1 fully saturated rings. The van der Waals surface area contributed by atoms with E-state index in [1.165, 1.54) is 12.8 Å². The molecule has 0 spiro atoms. The number of anilines is 1. The van der Waals surface area contributed by atoms with E-state index in [4.69, 9.17) is 9.47 Å². The second kappa shape index (κ2) is 8.12. The number of carbonyl (C=O) groups is 1. The van der Waals surface area contributed by atoms with E-state index in [0.717, 1.165) is 18.5 Å². The molecule has 1 amide bonds. The Morgan fingerprint density at radius 1 is 1.11 bits per heavy atom. The molecule has 7 nitrogen and oxygen atoms in total. The number of benzene rings is 1. The third kappa shape index (κ3) is 3.98. The zero-order valence-electron chi connectivity index (χ0n) is 15.7. The van der Waals surface area contributed by atoms with Crippen molar-refractivity contribution in [3.8, 4) is 17.2 Å². The van der Waals surface area contributed by atoms with Gasteiger partial charge in [-0.1, -0.05) is 0 Å². The molecule has 0 saturated heterocycles. The number of nitrogens with zero attached hydrogens (tertiary/aromatic N) is 3. The number of pyridine rings is 1. The van der Waals surface area contributed by atoms with Crippen molar-refractivity contribution in [1.82, 2.24) is 14.8 Å². The summed E-state index contributed by atoms with van der Waals surface area (Å²) in [4.78, 5) is 16.6. The standard InChI is InChI=1S/C21H22N4O3/c1-27-19-14-15(6-7-18(19)28-17-4-2-3-5-17)21(26)23-20-10-13-25(24-20)16-8-11-22-12-9-16/h6-14,17H,2-5H2,1H3,(H,23,24,26). The third-order valence-corrected chi connectivity index (χ3v) is 4.78. The Bertz CT molecular complexity index is 949. The fraction of sp³-hybridized carbons (Fsp3) is 0.286. The van der Waals surface area contributed by atoms with Crippen LogP contribution in [0.2, 0.25) is 0 Å². The predicted octanol–water partition coefficient (Wildman–Crippen LogP) is 3.85. The van der Waals surface area contributed by atoms with Crippen molar-refractivity contribution in [2.45, 2.75) is 31.8 Å². The lowest BCUT2D eigenvalue weighted by atomic mass is 10.2. The minimum Gasteiger partial charge on any atom is -0.493 e. The number of amides is 1. The first-order chi connectivity index (χ1) is 13.7. The fourth-order valence-electron chi connectivity index (χ4n) is 3.31. The van der Waals surface area contributed by atoms with Crippen LogP contribution in [-0.4, -0.2) is 33.9 Å². The lowest BCUT2D eigenvalue weighted by molar-refractivity contribution is 0.102. The van der Waals surface area contributed by atoms with Gasteiger partial charge in [-0.15, -0.1) is 0 Å². The molecule has 1 aromatic carbocycles. The zero-order chi connectivity index (χ0) is 19.3. The molecule has 2 heterocycles. The van der Waals surface area contributed by atoms with Gasteiger partial charge in [0.25, 0.3) is 5.91 Å². The molecule has 0 aliphatic heterocycles. The highest BCUT2D eigenvalue weighted by molar-refractivity contribution is 6.04. The fourth-order valence-corrected chi connectivity index (χ4v) is 3.31. The molecule has 28 heavy (non-hydrogen) atoms. The minimum absolute atomic E-state index is 0.228. The Morgan fingerprint density at radius 2 is 1.89 bits per heavy atom. The summed E-state index contributed by atoms with van der Waals surface area (Å²) in [5.74, 6) is 1.44. The van der Waals surface area contributed by atoms with Gasteiger partial charge in [0, 0.05) is 30.2 Å². The van der Waals surface area contributed by atoms with Gasteiger partial charge >= 0.3 is 0 Å². The molecule has 7 heteroatoms. The van der Waals surface area contributed by atoms with Crippen LogP contribution >= 0.6 is 0 Å². The van der Waals surface area contributed by atoms with Gasteiger partial charge in [0.2, 0.25) is 0 Å².